The van der Waals surface area contributed by atoms with Crippen LogP contribution in [0.4, 0.5) is 5.82 Å². The number of pyridine rings is 1. The van der Waals surface area contributed by atoms with Gasteiger partial charge in [-0.2, -0.15) is 4.98 Å². The van der Waals surface area contributed by atoms with Crippen LogP contribution in [0.3, 0.4) is 0 Å². The quantitative estimate of drug-likeness (QED) is 0.835. The summed E-state index contributed by atoms with van der Waals surface area (Å²) in [6, 6.07) is 11.6. The smallest absolute Gasteiger partial charge is 0.248 e. The monoisotopic (exact) mass is 229 g/mol. The number of aromatic nitrogens is 1. The fraction of sp³-hybridized carbons (Fsp3) is 0. The van der Waals surface area contributed by atoms with E-state index in [1.807, 2.05) is 0 Å². The van der Waals surface area contributed by atoms with Crippen molar-refractivity contribution in [2.24, 2.45) is 5.73 Å². The van der Waals surface area contributed by atoms with Gasteiger partial charge in [0, 0.05) is 11.6 Å². The number of benzene rings is 1. The van der Waals surface area contributed by atoms with Gasteiger partial charge < -0.3 is 16.2 Å². The van der Waals surface area contributed by atoms with Gasteiger partial charge in [0.1, 0.15) is 11.6 Å². The highest BCUT2D eigenvalue weighted by Gasteiger charge is 2.02. The topological polar surface area (TPSA) is 91.2 Å². The van der Waals surface area contributed by atoms with E-state index in [1.165, 1.54) is 0 Å². The number of amides is 1. The molecule has 1 heterocycles. The Morgan fingerprint density at radius 2 is 1.82 bits per heavy atom. The lowest BCUT2D eigenvalue weighted by molar-refractivity contribution is 0.100. The predicted molar refractivity (Wildman–Crippen MR) is 63.7 cm³/mol. The molecule has 0 aliphatic carbocycles. The molecular formula is C12H11N3O2. The van der Waals surface area contributed by atoms with E-state index in [0.717, 1.165) is 0 Å². The Bertz CT molecular complexity index is 538. The molecule has 0 aliphatic rings. The number of hydrogen-bond donors (Lipinski definition) is 2. The number of nitrogen functional groups attached to an aromatic ring is 1. The third-order valence-electron chi connectivity index (χ3n) is 2.11. The molecule has 0 atom stereocenters. The number of hydrogen-bond acceptors (Lipinski definition) is 4. The van der Waals surface area contributed by atoms with Gasteiger partial charge in [-0.15, -0.1) is 0 Å². The summed E-state index contributed by atoms with van der Waals surface area (Å²) in [5, 5.41) is 0. The van der Waals surface area contributed by atoms with E-state index < -0.39 is 5.91 Å². The minimum absolute atomic E-state index is 0.385. The molecule has 0 saturated carbocycles. The van der Waals surface area contributed by atoms with Crippen LogP contribution in [0.15, 0.2) is 42.5 Å². The molecule has 1 amide bonds. The number of nitrogens with two attached hydrogens (primary N) is 2. The Labute approximate surface area is 98.0 Å². The first-order chi connectivity index (χ1) is 8.15. The lowest BCUT2D eigenvalue weighted by Crippen LogP contribution is -2.10. The molecule has 4 N–H and O–H groups in total. The van der Waals surface area contributed by atoms with Gasteiger partial charge in [0.05, 0.1) is 0 Å². The third-order valence-corrected chi connectivity index (χ3v) is 2.11. The van der Waals surface area contributed by atoms with Crippen molar-refractivity contribution in [3.63, 3.8) is 0 Å². The zero-order valence-electron chi connectivity index (χ0n) is 8.96. The van der Waals surface area contributed by atoms with E-state index in [-0.39, 0.29) is 0 Å². The summed E-state index contributed by atoms with van der Waals surface area (Å²) in [6.07, 6.45) is 0. The van der Waals surface area contributed by atoms with Crippen molar-refractivity contribution in [1.82, 2.24) is 4.98 Å². The summed E-state index contributed by atoms with van der Waals surface area (Å²) in [5.74, 6) is 0.875. The lowest BCUT2D eigenvalue weighted by Gasteiger charge is -2.05. The molecule has 0 aliphatic heterocycles. The van der Waals surface area contributed by atoms with E-state index in [4.69, 9.17) is 16.2 Å². The second kappa shape index (κ2) is 4.52. The van der Waals surface area contributed by atoms with Crippen molar-refractivity contribution < 1.29 is 9.53 Å². The maximum Gasteiger partial charge on any atom is 0.248 e. The zero-order chi connectivity index (χ0) is 12.3. The molecule has 5 heteroatoms. The molecular weight excluding hydrogens is 218 g/mol. The number of primary amides is 1. The van der Waals surface area contributed by atoms with Crippen LogP contribution < -0.4 is 16.2 Å². The highest BCUT2D eigenvalue weighted by Crippen LogP contribution is 2.20. The van der Waals surface area contributed by atoms with Gasteiger partial charge in [0.15, 0.2) is 0 Å². The van der Waals surface area contributed by atoms with Crippen molar-refractivity contribution in [2.75, 3.05) is 5.73 Å². The fourth-order valence-electron chi connectivity index (χ4n) is 1.30. The Balaban J connectivity index is 2.16. The summed E-state index contributed by atoms with van der Waals surface area (Å²) in [4.78, 5) is 14.9. The second-order valence-corrected chi connectivity index (χ2v) is 3.39. The van der Waals surface area contributed by atoms with Crippen LogP contribution in [-0.4, -0.2) is 10.9 Å². The molecule has 2 aromatic rings. The van der Waals surface area contributed by atoms with Gasteiger partial charge in [-0.05, 0) is 30.3 Å². The molecule has 0 saturated heterocycles. The van der Waals surface area contributed by atoms with Gasteiger partial charge in [0.25, 0.3) is 0 Å². The molecule has 2 rings (SSSR count). The Hall–Kier alpha value is -2.56. The van der Waals surface area contributed by atoms with E-state index in [1.54, 1.807) is 42.5 Å². The zero-order valence-corrected chi connectivity index (χ0v) is 8.96. The number of anilines is 1. The fourth-order valence-corrected chi connectivity index (χ4v) is 1.30. The van der Waals surface area contributed by atoms with Crippen molar-refractivity contribution in [1.29, 1.82) is 0 Å². The predicted octanol–water partition coefficient (Wildman–Crippen LogP) is 1.55. The number of rotatable bonds is 3. The number of ether oxygens (including phenoxy) is 1. The van der Waals surface area contributed by atoms with Gasteiger partial charge in [-0.25, -0.2) is 0 Å². The van der Waals surface area contributed by atoms with Gasteiger partial charge in [-0.1, -0.05) is 6.07 Å². The number of carbonyl (C=O) groups excluding carboxylic acids is 1. The first-order valence-corrected chi connectivity index (χ1v) is 4.95. The minimum atomic E-state index is -0.473. The lowest BCUT2D eigenvalue weighted by atomic mass is 10.2. The minimum Gasteiger partial charge on any atom is -0.439 e. The van der Waals surface area contributed by atoms with E-state index in [9.17, 15) is 4.79 Å². The molecule has 17 heavy (non-hydrogen) atoms. The van der Waals surface area contributed by atoms with Gasteiger partial charge >= 0.3 is 0 Å². The molecule has 0 spiro atoms. The van der Waals surface area contributed by atoms with Crippen molar-refractivity contribution in [3.05, 3.63) is 48.0 Å². The SMILES string of the molecule is NC(=O)c1ccc(Oc2cccc(N)n2)cc1. The molecule has 0 radical (unpaired) electrons. The van der Waals surface area contributed by atoms with Crippen molar-refractivity contribution in [2.45, 2.75) is 0 Å². The highest BCUT2D eigenvalue weighted by atomic mass is 16.5. The van der Waals surface area contributed by atoms with Crippen molar-refractivity contribution in [3.8, 4) is 11.6 Å². The number of carbonyl (C=O) groups is 1. The molecule has 0 unspecified atom stereocenters. The summed E-state index contributed by atoms with van der Waals surface area (Å²) in [7, 11) is 0. The Kier molecular flexibility index (Phi) is 2.91. The van der Waals surface area contributed by atoms with Gasteiger partial charge in [-0.3, -0.25) is 4.79 Å². The first kappa shape index (κ1) is 10.9. The standard InChI is InChI=1S/C12H11N3O2/c13-10-2-1-3-11(15-10)17-9-6-4-8(5-7-9)12(14)16/h1-7H,(H2,13,15)(H2,14,16). The van der Waals surface area contributed by atoms with Crippen LogP contribution in [0, 0.1) is 0 Å². The first-order valence-electron chi connectivity index (χ1n) is 4.95. The Morgan fingerprint density at radius 1 is 1.12 bits per heavy atom. The van der Waals surface area contributed by atoms with Crippen LogP contribution in [-0.2, 0) is 0 Å². The van der Waals surface area contributed by atoms with E-state index in [2.05, 4.69) is 4.98 Å². The second-order valence-electron chi connectivity index (χ2n) is 3.39. The molecule has 1 aromatic heterocycles. The highest BCUT2D eigenvalue weighted by molar-refractivity contribution is 5.92. The Morgan fingerprint density at radius 3 is 2.41 bits per heavy atom. The maximum atomic E-state index is 10.9. The van der Waals surface area contributed by atoms with Crippen LogP contribution in [0.2, 0.25) is 0 Å². The molecule has 86 valence electrons. The van der Waals surface area contributed by atoms with Crippen LogP contribution in [0.25, 0.3) is 0 Å². The normalized spacial score (nSPS) is 9.88. The van der Waals surface area contributed by atoms with Crippen LogP contribution >= 0.6 is 0 Å². The van der Waals surface area contributed by atoms with Gasteiger partial charge in [0.2, 0.25) is 11.8 Å². The molecule has 5 nitrogen and oxygen atoms in total. The average molecular weight is 229 g/mol. The third kappa shape index (κ3) is 2.72. The van der Waals surface area contributed by atoms with E-state index >= 15 is 0 Å². The molecule has 0 fully saturated rings. The summed E-state index contributed by atoms with van der Waals surface area (Å²) >= 11 is 0. The number of nitrogens with zero attached hydrogens (tertiary/aromatic N) is 1. The summed E-state index contributed by atoms with van der Waals surface area (Å²) in [5.41, 5.74) is 11.1. The van der Waals surface area contributed by atoms with Crippen molar-refractivity contribution >= 4 is 11.7 Å². The maximum absolute atomic E-state index is 10.9. The summed E-state index contributed by atoms with van der Waals surface area (Å²) < 4.78 is 5.45. The summed E-state index contributed by atoms with van der Waals surface area (Å²) in [6.45, 7) is 0. The molecule has 0 bridgehead atoms. The average Bonchev–Trinajstić information content (AvgIpc) is 2.29. The van der Waals surface area contributed by atoms with E-state index in [0.29, 0.717) is 23.0 Å². The molecule has 1 aromatic carbocycles. The largest absolute Gasteiger partial charge is 0.439 e. The van der Waals surface area contributed by atoms with Crippen LogP contribution in [0.5, 0.6) is 11.6 Å². The van der Waals surface area contributed by atoms with Crippen LogP contribution in [0.1, 0.15) is 10.4 Å².